The van der Waals surface area contributed by atoms with E-state index in [0.717, 1.165) is 28.6 Å². The molecule has 0 saturated heterocycles. The van der Waals surface area contributed by atoms with Crippen LogP contribution < -0.4 is 14.8 Å². The molecule has 0 amide bonds. The largest absolute Gasteiger partial charge is 0.486 e. The summed E-state index contributed by atoms with van der Waals surface area (Å²) in [6.07, 6.45) is 0. The van der Waals surface area contributed by atoms with E-state index in [0.29, 0.717) is 13.2 Å². The summed E-state index contributed by atoms with van der Waals surface area (Å²) >= 11 is 5.92. The summed E-state index contributed by atoms with van der Waals surface area (Å²) in [6, 6.07) is 14.2. The topological polar surface area (TPSA) is 30.5 Å². The van der Waals surface area contributed by atoms with E-state index in [2.05, 4.69) is 18.3 Å². The quantitative estimate of drug-likeness (QED) is 0.927. The third-order valence-corrected chi connectivity index (χ3v) is 3.87. The highest BCUT2D eigenvalue weighted by molar-refractivity contribution is 6.30. The molecule has 1 atom stereocenters. The predicted octanol–water partition coefficient (Wildman–Crippen LogP) is 3.96. The van der Waals surface area contributed by atoms with Crippen LogP contribution in [0.2, 0.25) is 5.02 Å². The van der Waals surface area contributed by atoms with E-state index in [-0.39, 0.29) is 6.04 Å². The summed E-state index contributed by atoms with van der Waals surface area (Å²) in [7, 11) is 0. The standard InChI is InChI=1S/C17H18ClNO2/c1-12(13-5-7-15(18)8-6-13)19-11-14-3-2-4-16-17(14)21-10-9-20-16/h2-8,12,19H,9-11H2,1H3/t12-/m0/s1. The van der Waals surface area contributed by atoms with Gasteiger partial charge in [-0.1, -0.05) is 35.9 Å². The normalized spacial score (nSPS) is 14.8. The van der Waals surface area contributed by atoms with Gasteiger partial charge in [-0.05, 0) is 30.7 Å². The maximum atomic E-state index is 5.92. The minimum absolute atomic E-state index is 0.239. The summed E-state index contributed by atoms with van der Waals surface area (Å²) < 4.78 is 11.3. The minimum atomic E-state index is 0.239. The lowest BCUT2D eigenvalue weighted by atomic mass is 10.1. The molecule has 4 heteroatoms. The Morgan fingerprint density at radius 2 is 1.86 bits per heavy atom. The van der Waals surface area contributed by atoms with E-state index in [4.69, 9.17) is 21.1 Å². The lowest BCUT2D eigenvalue weighted by Gasteiger charge is -2.22. The monoisotopic (exact) mass is 303 g/mol. The van der Waals surface area contributed by atoms with Gasteiger partial charge in [-0.15, -0.1) is 0 Å². The molecule has 0 aromatic heterocycles. The van der Waals surface area contributed by atoms with Crippen molar-refractivity contribution in [3.05, 3.63) is 58.6 Å². The van der Waals surface area contributed by atoms with E-state index in [1.54, 1.807) is 0 Å². The average Bonchev–Trinajstić information content (AvgIpc) is 2.53. The molecule has 2 aromatic rings. The Bertz CT molecular complexity index is 613. The zero-order chi connectivity index (χ0) is 14.7. The van der Waals surface area contributed by atoms with Crippen molar-refractivity contribution >= 4 is 11.6 Å². The molecule has 0 aliphatic carbocycles. The predicted molar refractivity (Wildman–Crippen MR) is 84.1 cm³/mol. The Labute approximate surface area is 129 Å². The first kappa shape index (κ1) is 14.2. The second-order valence-corrected chi connectivity index (χ2v) is 5.53. The van der Waals surface area contributed by atoms with Gasteiger partial charge in [-0.25, -0.2) is 0 Å². The minimum Gasteiger partial charge on any atom is -0.486 e. The fourth-order valence-electron chi connectivity index (χ4n) is 2.41. The van der Waals surface area contributed by atoms with Gasteiger partial charge < -0.3 is 14.8 Å². The van der Waals surface area contributed by atoms with Crippen LogP contribution in [-0.4, -0.2) is 13.2 Å². The number of hydrogen-bond donors (Lipinski definition) is 1. The van der Waals surface area contributed by atoms with E-state index < -0.39 is 0 Å². The summed E-state index contributed by atoms with van der Waals surface area (Å²) in [6.45, 7) is 4.09. The Morgan fingerprint density at radius 3 is 2.67 bits per heavy atom. The van der Waals surface area contributed by atoms with Crippen molar-refractivity contribution in [2.75, 3.05) is 13.2 Å². The van der Waals surface area contributed by atoms with Gasteiger partial charge in [0.25, 0.3) is 0 Å². The second kappa shape index (κ2) is 6.37. The Morgan fingerprint density at radius 1 is 1.10 bits per heavy atom. The van der Waals surface area contributed by atoms with E-state index in [1.807, 2.05) is 36.4 Å². The van der Waals surface area contributed by atoms with Crippen molar-refractivity contribution < 1.29 is 9.47 Å². The summed E-state index contributed by atoms with van der Waals surface area (Å²) in [4.78, 5) is 0. The van der Waals surface area contributed by atoms with Crippen molar-refractivity contribution in [2.24, 2.45) is 0 Å². The van der Waals surface area contributed by atoms with E-state index in [9.17, 15) is 0 Å². The first-order valence-corrected chi connectivity index (χ1v) is 7.48. The highest BCUT2D eigenvalue weighted by Crippen LogP contribution is 2.33. The van der Waals surface area contributed by atoms with E-state index in [1.165, 1.54) is 5.56 Å². The van der Waals surface area contributed by atoms with Crippen molar-refractivity contribution in [3.63, 3.8) is 0 Å². The van der Waals surface area contributed by atoms with Gasteiger partial charge in [0.15, 0.2) is 11.5 Å². The van der Waals surface area contributed by atoms with Crippen LogP contribution in [-0.2, 0) is 6.54 Å². The maximum Gasteiger partial charge on any atom is 0.165 e. The molecule has 1 N–H and O–H groups in total. The van der Waals surface area contributed by atoms with Crippen LogP contribution in [0.25, 0.3) is 0 Å². The SMILES string of the molecule is C[C@H](NCc1cccc2c1OCCO2)c1ccc(Cl)cc1. The van der Waals surface area contributed by atoms with E-state index >= 15 is 0 Å². The van der Waals surface area contributed by atoms with Gasteiger partial charge in [-0.2, -0.15) is 0 Å². The molecule has 0 bridgehead atoms. The highest BCUT2D eigenvalue weighted by Gasteiger charge is 2.16. The molecule has 1 aliphatic rings. The number of hydrogen-bond acceptors (Lipinski definition) is 3. The summed E-state index contributed by atoms with van der Waals surface area (Å²) in [5, 5.41) is 4.26. The fraction of sp³-hybridized carbons (Fsp3) is 0.294. The third kappa shape index (κ3) is 3.31. The number of fused-ring (bicyclic) bond motifs is 1. The number of halogens is 1. The van der Waals surface area contributed by atoms with Crippen LogP contribution in [0.15, 0.2) is 42.5 Å². The van der Waals surface area contributed by atoms with Crippen LogP contribution in [0.4, 0.5) is 0 Å². The van der Waals surface area contributed by atoms with Crippen LogP contribution in [0.1, 0.15) is 24.1 Å². The number of ether oxygens (including phenoxy) is 2. The molecular weight excluding hydrogens is 286 g/mol. The van der Waals surface area contributed by atoms with Crippen LogP contribution in [0.3, 0.4) is 0 Å². The maximum absolute atomic E-state index is 5.92. The first-order valence-electron chi connectivity index (χ1n) is 7.10. The number of para-hydroxylation sites is 1. The van der Waals surface area contributed by atoms with Gasteiger partial charge in [0.05, 0.1) is 0 Å². The zero-order valence-corrected chi connectivity index (χ0v) is 12.7. The molecule has 1 heterocycles. The number of nitrogens with one attached hydrogen (secondary N) is 1. The van der Waals surface area contributed by atoms with Gasteiger partial charge in [0.1, 0.15) is 13.2 Å². The van der Waals surface area contributed by atoms with Crippen molar-refractivity contribution in [3.8, 4) is 11.5 Å². The zero-order valence-electron chi connectivity index (χ0n) is 11.9. The van der Waals surface area contributed by atoms with Crippen molar-refractivity contribution in [1.29, 1.82) is 0 Å². The summed E-state index contributed by atoms with van der Waals surface area (Å²) in [5.41, 5.74) is 2.33. The van der Waals surface area contributed by atoms with Crippen LogP contribution >= 0.6 is 11.6 Å². The molecule has 1 aliphatic heterocycles. The third-order valence-electron chi connectivity index (χ3n) is 3.62. The lowest BCUT2D eigenvalue weighted by Crippen LogP contribution is -2.21. The number of rotatable bonds is 4. The fourth-order valence-corrected chi connectivity index (χ4v) is 2.53. The van der Waals surface area contributed by atoms with Gasteiger partial charge in [-0.3, -0.25) is 0 Å². The summed E-state index contributed by atoms with van der Waals surface area (Å²) in [5.74, 6) is 1.69. The second-order valence-electron chi connectivity index (χ2n) is 5.10. The molecule has 0 spiro atoms. The molecule has 21 heavy (non-hydrogen) atoms. The molecule has 2 aromatic carbocycles. The molecule has 0 fully saturated rings. The molecule has 0 unspecified atom stereocenters. The molecule has 0 saturated carbocycles. The molecule has 3 nitrogen and oxygen atoms in total. The van der Waals surface area contributed by atoms with Gasteiger partial charge >= 0.3 is 0 Å². The van der Waals surface area contributed by atoms with Crippen LogP contribution in [0.5, 0.6) is 11.5 Å². The molecule has 0 radical (unpaired) electrons. The first-order chi connectivity index (χ1) is 10.2. The molecule has 110 valence electrons. The Kier molecular flexibility index (Phi) is 4.32. The van der Waals surface area contributed by atoms with Crippen molar-refractivity contribution in [1.82, 2.24) is 5.32 Å². The van der Waals surface area contributed by atoms with Gasteiger partial charge in [0.2, 0.25) is 0 Å². The number of benzene rings is 2. The molecular formula is C17H18ClNO2. The van der Waals surface area contributed by atoms with Gasteiger partial charge in [0, 0.05) is 23.2 Å². The Balaban J connectivity index is 1.69. The molecule has 3 rings (SSSR count). The smallest absolute Gasteiger partial charge is 0.165 e. The van der Waals surface area contributed by atoms with Crippen molar-refractivity contribution in [2.45, 2.75) is 19.5 Å². The average molecular weight is 304 g/mol. The Hall–Kier alpha value is -1.71. The van der Waals surface area contributed by atoms with Crippen LogP contribution in [0, 0.1) is 0 Å². The highest BCUT2D eigenvalue weighted by atomic mass is 35.5. The lowest BCUT2D eigenvalue weighted by molar-refractivity contribution is 0.169.